The molecule has 0 atom stereocenters. The summed E-state index contributed by atoms with van der Waals surface area (Å²) >= 11 is 0. The Morgan fingerprint density at radius 1 is 1.24 bits per heavy atom. The van der Waals surface area contributed by atoms with Crippen molar-refractivity contribution in [3.8, 4) is 0 Å². The third kappa shape index (κ3) is 3.63. The molecule has 0 fully saturated rings. The molecule has 0 saturated carbocycles. The van der Waals surface area contributed by atoms with Gasteiger partial charge >= 0.3 is 0 Å². The average molecular weight is 230 g/mol. The molecular weight excluding hydrogens is 212 g/mol. The van der Waals surface area contributed by atoms with Gasteiger partial charge in [0.2, 0.25) is 0 Å². The van der Waals surface area contributed by atoms with E-state index in [2.05, 4.69) is 41.5 Å². The number of anilines is 1. The molecule has 1 heterocycles. The zero-order valence-corrected chi connectivity index (χ0v) is 10.1. The van der Waals surface area contributed by atoms with Crippen LogP contribution in [0.15, 0.2) is 41.3 Å². The molecule has 0 unspecified atom stereocenters. The van der Waals surface area contributed by atoms with Crippen molar-refractivity contribution in [1.82, 2.24) is 4.98 Å². The second-order valence-corrected chi connectivity index (χ2v) is 4.12. The van der Waals surface area contributed by atoms with Gasteiger partial charge in [0, 0.05) is 5.69 Å². The van der Waals surface area contributed by atoms with Crippen molar-refractivity contribution in [2.75, 3.05) is 5.32 Å². The second kappa shape index (κ2) is 6.09. The smallest absolute Gasteiger partial charge is 0.180 e. The van der Waals surface area contributed by atoms with Gasteiger partial charge in [-0.05, 0) is 30.5 Å². The van der Waals surface area contributed by atoms with Crippen LogP contribution in [0.3, 0.4) is 0 Å². The van der Waals surface area contributed by atoms with Gasteiger partial charge in [-0.1, -0.05) is 25.5 Å². The van der Waals surface area contributed by atoms with Crippen LogP contribution >= 0.6 is 0 Å². The van der Waals surface area contributed by atoms with E-state index >= 15 is 0 Å². The van der Waals surface area contributed by atoms with E-state index in [0.29, 0.717) is 6.54 Å². The molecule has 17 heavy (non-hydrogen) atoms. The predicted octanol–water partition coefficient (Wildman–Crippen LogP) is 3.63. The Labute approximate surface area is 102 Å². The monoisotopic (exact) mass is 230 g/mol. The van der Waals surface area contributed by atoms with Crippen molar-refractivity contribution in [3.05, 3.63) is 48.2 Å². The Bertz CT molecular complexity index is 420. The average Bonchev–Trinajstić information content (AvgIpc) is 2.88. The molecule has 1 aromatic carbocycles. The highest BCUT2D eigenvalue weighted by molar-refractivity contribution is 5.44. The van der Waals surface area contributed by atoms with Crippen LogP contribution in [0.25, 0.3) is 0 Å². The summed E-state index contributed by atoms with van der Waals surface area (Å²) in [5.74, 6) is 0.847. The molecule has 0 saturated heterocycles. The lowest BCUT2D eigenvalue weighted by Gasteiger charge is -2.05. The molecule has 1 aromatic heterocycles. The SMILES string of the molecule is CCCCc1ccc(NCc2cnco2)cc1. The summed E-state index contributed by atoms with van der Waals surface area (Å²) in [4.78, 5) is 3.88. The van der Waals surface area contributed by atoms with Crippen LogP contribution in [0.2, 0.25) is 0 Å². The molecule has 90 valence electrons. The molecule has 0 bridgehead atoms. The number of unbranched alkanes of at least 4 members (excludes halogenated alkanes) is 1. The van der Waals surface area contributed by atoms with Crippen molar-refractivity contribution >= 4 is 5.69 Å². The van der Waals surface area contributed by atoms with Crippen LogP contribution in [-0.4, -0.2) is 4.98 Å². The number of aromatic nitrogens is 1. The van der Waals surface area contributed by atoms with Crippen LogP contribution in [-0.2, 0) is 13.0 Å². The zero-order valence-electron chi connectivity index (χ0n) is 10.1. The minimum Gasteiger partial charge on any atom is -0.447 e. The van der Waals surface area contributed by atoms with Gasteiger partial charge in [0.05, 0.1) is 12.7 Å². The number of hydrogen-bond acceptors (Lipinski definition) is 3. The van der Waals surface area contributed by atoms with Gasteiger partial charge in [-0.25, -0.2) is 4.98 Å². The number of nitrogens with one attached hydrogen (secondary N) is 1. The maximum absolute atomic E-state index is 5.16. The van der Waals surface area contributed by atoms with Gasteiger partial charge in [-0.3, -0.25) is 0 Å². The molecule has 2 rings (SSSR count). The van der Waals surface area contributed by atoms with Gasteiger partial charge in [0.1, 0.15) is 5.76 Å². The van der Waals surface area contributed by atoms with Crippen LogP contribution in [0.1, 0.15) is 31.1 Å². The number of hydrogen-bond donors (Lipinski definition) is 1. The fraction of sp³-hybridized carbons (Fsp3) is 0.357. The summed E-state index contributed by atoms with van der Waals surface area (Å²) in [6.07, 6.45) is 6.84. The first kappa shape index (κ1) is 11.7. The van der Waals surface area contributed by atoms with Crippen LogP contribution < -0.4 is 5.32 Å². The number of rotatable bonds is 6. The van der Waals surface area contributed by atoms with Crippen LogP contribution in [0.5, 0.6) is 0 Å². The Balaban J connectivity index is 1.85. The molecule has 0 aliphatic rings. The molecule has 0 aliphatic carbocycles. The first-order chi connectivity index (χ1) is 8.38. The molecule has 0 radical (unpaired) electrons. The standard InChI is InChI=1S/C14H18N2O/c1-2-3-4-12-5-7-13(8-6-12)16-10-14-9-15-11-17-14/h5-9,11,16H,2-4,10H2,1H3. The number of oxazole rings is 1. The summed E-state index contributed by atoms with van der Waals surface area (Å²) in [6.45, 7) is 2.89. The minimum atomic E-state index is 0.675. The lowest BCUT2D eigenvalue weighted by molar-refractivity contribution is 0.512. The summed E-state index contributed by atoms with van der Waals surface area (Å²) in [5, 5.41) is 3.30. The van der Waals surface area contributed by atoms with Crippen LogP contribution in [0, 0.1) is 0 Å². The van der Waals surface area contributed by atoms with Gasteiger partial charge in [-0.15, -0.1) is 0 Å². The molecule has 0 amide bonds. The zero-order chi connectivity index (χ0) is 11.9. The van der Waals surface area contributed by atoms with E-state index in [0.717, 1.165) is 11.4 Å². The van der Waals surface area contributed by atoms with E-state index in [1.165, 1.54) is 31.2 Å². The summed E-state index contributed by atoms with van der Waals surface area (Å²) in [5.41, 5.74) is 2.51. The number of benzene rings is 1. The first-order valence-electron chi connectivity index (χ1n) is 6.08. The van der Waals surface area contributed by atoms with E-state index in [9.17, 15) is 0 Å². The molecule has 3 heteroatoms. The van der Waals surface area contributed by atoms with E-state index in [1.54, 1.807) is 6.20 Å². The Kier molecular flexibility index (Phi) is 4.19. The maximum Gasteiger partial charge on any atom is 0.180 e. The highest BCUT2D eigenvalue weighted by Gasteiger charge is 1.97. The quantitative estimate of drug-likeness (QED) is 0.823. The summed E-state index contributed by atoms with van der Waals surface area (Å²) < 4.78 is 5.16. The van der Waals surface area contributed by atoms with Gasteiger partial charge in [0.25, 0.3) is 0 Å². The first-order valence-corrected chi connectivity index (χ1v) is 6.08. The number of aryl methyl sites for hydroxylation is 1. The molecular formula is C14H18N2O. The van der Waals surface area contributed by atoms with E-state index in [1.807, 2.05) is 0 Å². The van der Waals surface area contributed by atoms with Crippen molar-refractivity contribution in [2.24, 2.45) is 0 Å². The maximum atomic E-state index is 5.16. The van der Waals surface area contributed by atoms with Gasteiger partial charge < -0.3 is 9.73 Å². The fourth-order valence-electron chi connectivity index (χ4n) is 1.69. The molecule has 1 N–H and O–H groups in total. The Hall–Kier alpha value is -1.77. The molecule has 0 aliphatic heterocycles. The predicted molar refractivity (Wildman–Crippen MR) is 68.9 cm³/mol. The fourth-order valence-corrected chi connectivity index (χ4v) is 1.69. The van der Waals surface area contributed by atoms with Gasteiger partial charge in [-0.2, -0.15) is 0 Å². The number of nitrogens with zero attached hydrogens (tertiary/aromatic N) is 1. The highest BCUT2D eigenvalue weighted by Crippen LogP contribution is 2.12. The Morgan fingerprint density at radius 3 is 2.71 bits per heavy atom. The van der Waals surface area contributed by atoms with E-state index in [4.69, 9.17) is 4.42 Å². The van der Waals surface area contributed by atoms with Gasteiger partial charge in [0.15, 0.2) is 6.39 Å². The highest BCUT2D eigenvalue weighted by atomic mass is 16.3. The normalized spacial score (nSPS) is 10.4. The molecule has 3 nitrogen and oxygen atoms in total. The van der Waals surface area contributed by atoms with Crippen molar-refractivity contribution in [2.45, 2.75) is 32.7 Å². The molecule has 0 spiro atoms. The molecule has 2 aromatic rings. The topological polar surface area (TPSA) is 38.1 Å². The largest absolute Gasteiger partial charge is 0.447 e. The minimum absolute atomic E-state index is 0.675. The summed E-state index contributed by atoms with van der Waals surface area (Å²) in [6, 6.07) is 8.58. The van der Waals surface area contributed by atoms with Crippen molar-refractivity contribution in [3.63, 3.8) is 0 Å². The summed E-state index contributed by atoms with van der Waals surface area (Å²) in [7, 11) is 0. The third-order valence-electron chi connectivity index (χ3n) is 2.72. The van der Waals surface area contributed by atoms with E-state index in [-0.39, 0.29) is 0 Å². The van der Waals surface area contributed by atoms with Crippen molar-refractivity contribution < 1.29 is 4.42 Å². The second-order valence-electron chi connectivity index (χ2n) is 4.12. The third-order valence-corrected chi connectivity index (χ3v) is 2.72. The Morgan fingerprint density at radius 2 is 2.06 bits per heavy atom. The van der Waals surface area contributed by atoms with Crippen molar-refractivity contribution in [1.29, 1.82) is 0 Å². The lowest BCUT2D eigenvalue weighted by Crippen LogP contribution is -1.98. The van der Waals surface area contributed by atoms with Crippen LogP contribution in [0.4, 0.5) is 5.69 Å². The lowest BCUT2D eigenvalue weighted by atomic mass is 10.1. The van der Waals surface area contributed by atoms with E-state index < -0.39 is 0 Å².